The smallest absolute Gasteiger partial charge is 0.321 e. The summed E-state index contributed by atoms with van der Waals surface area (Å²) in [5.41, 5.74) is 0. The number of hydrogen-bond donors (Lipinski definition) is 0. The lowest BCUT2D eigenvalue weighted by Gasteiger charge is -2.19. The normalized spacial score (nSPS) is 11.2. The van der Waals surface area contributed by atoms with E-state index in [0.29, 0.717) is 9.33 Å². The number of carbonyl (C=O) groups excluding carboxylic acids is 2. The van der Waals surface area contributed by atoms with Gasteiger partial charge in [0.2, 0.25) is 10.0 Å². The van der Waals surface area contributed by atoms with E-state index >= 15 is 0 Å². The summed E-state index contributed by atoms with van der Waals surface area (Å²) >= 11 is 5.70. The molecule has 1 rings (SSSR count). The maximum absolute atomic E-state index is 12.4. The lowest BCUT2D eigenvalue weighted by Crippen LogP contribution is -2.40. The molecular weight excluding hydrogens is 322 g/mol. The number of carbonyl (C=O) groups is 2. The van der Waals surface area contributed by atoms with Gasteiger partial charge in [-0.15, -0.1) is 0 Å². The van der Waals surface area contributed by atoms with Crippen LogP contribution in [-0.2, 0) is 29.1 Å². The summed E-state index contributed by atoms with van der Waals surface area (Å²) in [5, 5.41) is 0.362. The first-order valence-corrected chi connectivity index (χ1v) is 7.52. The molecule has 0 unspecified atom stereocenters. The maximum atomic E-state index is 12.4. The lowest BCUT2D eigenvalue weighted by molar-refractivity contribution is -0.143. The summed E-state index contributed by atoms with van der Waals surface area (Å²) in [6.45, 7) is -1.20. The summed E-state index contributed by atoms with van der Waals surface area (Å²) in [6.07, 6.45) is 0. The molecule has 0 atom stereocenters. The predicted octanol–water partition coefficient (Wildman–Crippen LogP) is 0.677. The van der Waals surface area contributed by atoms with Crippen molar-refractivity contribution in [3.05, 3.63) is 29.3 Å². The highest BCUT2D eigenvalue weighted by Gasteiger charge is 2.29. The van der Waals surface area contributed by atoms with E-state index in [1.807, 2.05) is 0 Å². The van der Waals surface area contributed by atoms with E-state index in [0.717, 1.165) is 14.2 Å². The molecule has 0 saturated carbocycles. The molecule has 0 saturated heterocycles. The van der Waals surface area contributed by atoms with Crippen LogP contribution in [0.1, 0.15) is 0 Å². The third kappa shape index (κ3) is 4.69. The van der Waals surface area contributed by atoms with Crippen LogP contribution in [0, 0.1) is 0 Å². The van der Waals surface area contributed by atoms with E-state index in [1.165, 1.54) is 24.3 Å². The van der Waals surface area contributed by atoms with Gasteiger partial charge in [0.15, 0.2) is 0 Å². The first kappa shape index (κ1) is 17.4. The van der Waals surface area contributed by atoms with Crippen molar-refractivity contribution >= 4 is 33.6 Å². The molecule has 0 aliphatic rings. The van der Waals surface area contributed by atoms with Crippen LogP contribution in [0.3, 0.4) is 0 Å². The minimum atomic E-state index is -4.06. The molecular formula is C12H14ClNO6S. The Balaban J connectivity index is 3.12. The highest BCUT2D eigenvalue weighted by molar-refractivity contribution is 7.89. The van der Waals surface area contributed by atoms with Crippen molar-refractivity contribution in [2.45, 2.75) is 4.90 Å². The number of ether oxygens (including phenoxy) is 2. The van der Waals surface area contributed by atoms with Crippen LogP contribution in [-0.4, -0.2) is 52.0 Å². The Morgan fingerprint density at radius 2 is 1.48 bits per heavy atom. The fraction of sp³-hybridized carbons (Fsp3) is 0.333. The van der Waals surface area contributed by atoms with Crippen molar-refractivity contribution in [1.29, 1.82) is 0 Å². The molecule has 0 radical (unpaired) electrons. The van der Waals surface area contributed by atoms with Crippen molar-refractivity contribution in [2.75, 3.05) is 27.3 Å². The first-order valence-electron chi connectivity index (χ1n) is 5.70. The zero-order chi connectivity index (χ0) is 16.0. The Labute approximate surface area is 127 Å². The number of halogens is 1. The SMILES string of the molecule is COC(=O)CN(CC(=O)OC)S(=O)(=O)c1ccc(Cl)cc1. The molecule has 1 aromatic rings. The molecule has 0 amide bonds. The highest BCUT2D eigenvalue weighted by Crippen LogP contribution is 2.18. The molecule has 0 N–H and O–H groups in total. The van der Waals surface area contributed by atoms with Gasteiger partial charge in [0.25, 0.3) is 0 Å². The molecule has 0 heterocycles. The van der Waals surface area contributed by atoms with Gasteiger partial charge in [-0.3, -0.25) is 9.59 Å². The van der Waals surface area contributed by atoms with Crippen LogP contribution >= 0.6 is 11.6 Å². The van der Waals surface area contributed by atoms with Gasteiger partial charge in [-0.05, 0) is 24.3 Å². The van der Waals surface area contributed by atoms with Gasteiger partial charge in [-0.25, -0.2) is 8.42 Å². The molecule has 0 aliphatic carbocycles. The summed E-state index contributed by atoms with van der Waals surface area (Å²) < 4.78 is 34.4. The van der Waals surface area contributed by atoms with Gasteiger partial charge in [0, 0.05) is 5.02 Å². The summed E-state index contributed by atoms with van der Waals surface area (Å²) in [5.74, 6) is -1.59. The van der Waals surface area contributed by atoms with Crippen LogP contribution in [0.5, 0.6) is 0 Å². The van der Waals surface area contributed by atoms with E-state index in [4.69, 9.17) is 11.6 Å². The molecule has 0 spiro atoms. The van der Waals surface area contributed by atoms with Gasteiger partial charge < -0.3 is 9.47 Å². The molecule has 21 heavy (non-hydrogen) atoms. The second-order valence-electron chi connectivity index (χ2n) is 3.88. The van der Waals surface area contributed by atoms with Crippen LogP contribution in [0.15, 0.2) is 29.2 Å². The second kappa shape index (κ2) is 7.39. The number of hydrogen-bond acceptors (Lipinski definition) is 6. The van der Waals surface area contributed by atoms with Crippen LogP contribution in [0.2, 0.25) is 5.02 Å². The second-order valence-corrected chi connectivity index (χ2v) is 6.25. The Hall–Kier alpha value is -1.64. The molecule has 9 heteroatoms. The number of nitrogens with zero attached hydrogens (tertiary/aromatic N) is 1. The van der Waals surface area contributed by atoms with Crippen molar-refractivity contribution in [3.8, 4) is 0 Å². The van der Waals surface area contributed by atoms with Crippen LogP contribution in [0.4, 0.5) is 0 Å². The number of sulfonamides is 1. The van der Waals surface area contributed by atoms with E-state index in [9.17, 15) is 18.0 Å². The summed E-state index contributed by atoms with van der Waals surface area (Å²) in [7, 11) is -1.82. The van der Waals surface area contributed by atoms with Crippen LogP contribution < -0.4 is 0 Å². The Morgan fingerprint density at radius 1 is 1.05 bits per heavy atom. The quantitative estimate of drug-likeness (QED) is 0.710. The minimum Gasteiger partial charge on any atom is -0.468 e. The molecule has 0 bridgehead atoms. The Morgan fingerprint density at radius 3 is 1.86 bits per heavy atom. The third-order valence-corrected chi connectivity index (χ3v) is 4.58. The average Bonchev–Trinajstić information content (AvgIpc) is 2.46. The standard InChI is InChI=1S/C12H14ClNO6S/c1-19-11(15)7-14(8-12(16)20-2)21(17,18)10-5-3-9(13)4-6-10/h3-6H,7-8H2,1-2H3. The minimum absolute atomic E-state index is 0.0975. The van der Waals surface area contributed by atoms with Gasteiger partial charge in [0.05, 0.1) is 19.1 Å². The van der Waals surface area contributed by atoms with E-state index in [2.05, 4.69) is 9.47 Å². The van der Waals surface area contributed by atoms with E-state index in [-0.39, 0.29) is 4.90 Å². The zero-order valence-corrected chi connectivity index (χ0v) is 13.0. The summed E-state index contributed by atoms with van der Waals surface area (Å²) in [4.78, 5) is 22.5. The number of methoxy groups -OCH3 is 2. The molecule has 116 valence electrons. The molecule has 7 nitrogen and oxygen atoms in total. The maximum Gasteiger partial charge on any atom is 0.321 e. The monoisotopic (exact) mass is 335 g/mol. The fourth-order valence-electron chi connectivity index (χ4n) is 1.40. The number of benzene rings is 1. The van der Waals surface area contributed by atoms with Crippen molar-refractivity contribution in [3.63, 3.8) is 0 Å². The Kier molecular flexibility index (Phi) is 6.13. The van der Waals surface area contributed by atoms with Gasteiger partial charge in [0.1, 0.15) is 13.1 Å². The summed E-state index contributed by atoms with van der Waals surface area (Å²) in [6, 6.07) is 5.34. The fourth-order valence-corrected chi connectivity index (χ4v) is 2.85. The first-order chi connectivity index (χ1) is 9.81. The average molecular weight is 336 g/mol. The number of esters is 2. The lowest BCUT2D eigenvalue weighted by atomic mass is 10.4. The van der Waals surface area contributed by atoms with Crippen molar-refractivity contribution in [2.24, 2.45) is 0 Å². The number of rotatable bonds is 6. The largest absolute Gasteiger partial charge is 0.468 e. The zero-order valence-electron chi connectivity index (χ0n) is 11.4. The molecule has 1 aromatic carbocycles. The molecule has 0 aromatic heterocycles. The third-order valence-electron chi connectivity index (χ3n) is 2.52. The van der Waals surface area contributed by atoms with Crippen molar-refractivity contribution < 1.29 is 27.5 Å². The van der Waals surface area contributed by atoms with Gasteiger partial charge in [-0.2, -0.15) is 4.31 Å². The van der Waals surface area contributed by atoms with Gasteiger partial charge in [-0.1, -0.05) is 11.6 Å². The van der Waals surface area contributed by atoms with Crippen molar-refractivity contribution in [1.82, 2.24) is 4.31 Å². The van der Waals surface area contributed by atoms with E-state index in [1.54, 1.807) is 0 Å². The van der Waals surface area contributed by atoms with Gasteiger partial charge >= 0.3 is 11.9 Å². The highest BCUT2D eigenvalue weighted by atomic mass is 35.5. The molecule has 0 aliphatic heterocycles. The van der Waals surface area contributed by atoms with E-state index < -0.39 is 35.1 Å². The molecule has 0 fully saturated rings. The topological polar surface area (TPSA) is 90.0 Å². The predicted molar refractivity (Wildman–Crippen MR) is 74.2 cm³/mol. The Bertz CT molecular complexity index is 595. The van der Waals surface area contributed by atoms with Crippen LogP contribution in [0.25, 0.3) is 0 Å².